The summed E-state index contributed by atoms with van der Waals surface area (Å²) in [5.74, 6) is -0.619. The van der Waals surface area contributed by atoms with Crippen molar-refractivity contribution in [2.45, 2.75) is 32.2 Å². The van der Waals surface area contributed by atoms with E-state index in [2.05, 4.69) is 5.32 Å². The molecule has 1 aliphatic carbocycles. The standard InChI is InChI=1S/C14H17FN2OS/c1-8-5-9(7-10(15)6-8)14(18)17-12-4-2-3-11(12)13(16)19/h5-7,11-12H,2-4H2,1H3,(H2,16,19)(H,17,18). The molecule has 0 bridgehead atoms. The molecular weight excluding hydrogens is 263 g/mol. The molecule has 19 heavy (non-hydrogen) atoms. The van der Waals surface area contributed by atoms with Gasteiger partial charge in [0.1, 0.15) is 5.82 Å². The van der Waals surface area contributed by atoms with Crippen LogP contribution in [-0.2, 0) is 0 Å². The molecule has 3 N–H and O–H groups in total. The SMILES string of the molecule is Cc1cc(F)cc(C(=O)NC2CCCC2C(N)=S)c1. The second-order valence-corrected chi connectivity index (χ2v) is 5.51. The number of nitrogens with one attached hydrogen (secondary N) is 1. The average molecular weight is 280 g/mol. The summed E-state index contributed by atoms with van der Waals surface area (Å²) in [6.45, 7) is 1.76. The predicted molar refractivity (Wildman–Crippen MR) is 76.5 cm³/mol. The zero-order valence-electron chi connectivity index (χ0n) is 10.8. The third-order valence-electron chi connectivity index (χ3n) is 3.50. The molecule has 0 aromatic heterocycles. The van der Waals surface area contributed by atoms with E-state index in [1.54, 1.807) is 13.0 Å². The monoisotopic (exact) mass is 280 g/mol. The van der Waals surface area contributed by atoms with Crippen molar-refractivity contribution in [1.82, 2.24) is 5.32 Å². The summed E-state index contributed by atoms with van der Waals surface area (Å²) in [7, 11) is 0. The van der Waals surface area contributed by atoms with Crippen molar-refractivity contribution in [2.24, 2.45) is 11.7 Å². The van der Waals surface area contributed by atoms with Crippen molar-refractivity contribution in [3.8, 4) is 0 Å². The van der Waals surface area contributed by atoms with Crippen molar-refractivity contribution >= 4 is 23.1 Å². The molecule has 0 aliphatic heterocycles. The molecule has 3 nitrogen and oxygen atoms in total. The smallest absolute Gasteiger partial charge is 0.251 e. The normalized spacial score (nSPS) is 22.2. The van der Waals surface area contributed by atoms with Gasteiger partial charge in [0.2, 0.25) is 0 Å². The largest absolute Gasteiger partial charge is 0.393 e. The fraction of sp³-hybridized carbons (Fsp3) is 0.429. The number of hydrogen-bond acceptors (Lipinski definition) is 2. The minimum Gasteiger partial charge on any atom is -0.393 e. The number of amides is 1. The number of aryl methyl sites for hydroxylation is 1. The Morgan fingerprint density at radius 3 is 2.79 bits per heavy atom. The van der Waals surface area contributed by atoms with Crippen LogP contribution in [0.3, 0.4) is 0 Å². The number of hydrogen-bond donors (Lipinski definition) is 2. The van der Waals surface area contributed by atoms with E-state index in [9.17, 15) is 9.18 Å². The van der Waals surface area contributed by atoms with E-state index >= 15 is 0 Å². The summed E-state index contributed by atoms with van der Waals surface area (Å²) in [4.78, 5) is 12.6. The summed E-state index contributed by atoms with van der Waals surface area (Å²) in [6.07, 6.45) is 2.76. The number of rotatable bonds is 3. The van der Waals surface area contributed by atoms with Crippen LogP contribution in [0.2, 0.25) is 0 Å². The average Bonchev–Trinajstić information content (AvgIpc) is 2.75. The van der Waals surface area contributed by atoms with Gasteiger partial charge in [-0.1, -0.05) is 18.6 Å². The highest BCUT2D eigenvalue weighted by Gasteiger charge is 2.30. The van der Waals surface area contributed by atoms with Crippen LogP contribution < -0.4 is 11.1 Å². The number of nitrogens with two attached hydrogens (primary N) is 1. The quantitative estimate of drug-likeness (QED) is 0.835. The molecule has 1 fully saturated rings. The topological polar surface area (TPSA) is 55.1 Å². The summed E-state index contributed by atoms with van der Waals surface area (Å²) < 4.78 is 13.3. The van der Waals surface area contributed by atoms with E-state index < -0.39 is 5.82 Å². The highest BCUT2D eigenvalue weighted by molar-refractivity contribution is 7.80. The van der Waals surface area contributed by atoms with Crippen molar-refractivity contribution in [1.29, 1.82) is 0 Å². The van der Waals surface area contributed by atoms with Gasteiger partial charge < -0.3 is 11.1 Å². The molecule has 2 rings (SSSR count). The van der Waals surface area contributed by atoms with E-state index in [0.29, 0.717) is 10.6 Å². The first-order valence-corrected chi connectivity index (χ1v) is 6.75. The molecule has 0 heterocycles. The van der Waals surface area contributed by atoms with Crippen LogP contribution in [0.4, 0.5) is 4.39 Å². The van der Waals surface area contributed by atoms with Gasteiger partial charge in [0, 0.05) is 17.5 Å². The second kappa shape index (κ2) is 5.65. The van der Waals surface area contributed by atoms with Crippen LogP contribution in [-0.4, -0.2) is 16.9 Å². The maximum absolute atomic E-state index is 13.3. The molecular formula is C14H17FN2OS. The number of carbonyl (C=O) groups is 1. The lowest BCUT2D eigenvalue weighted by atomic mass is 10.0. The Balaban J connectivity index is 2.10. The van der Waals surface area contributed by atoms with Crippen molar-refractivity contribution < 1.29 is 9.18 Å². The molecule has 0 radical (unpaired) electrons. The fourth-order valence-electron chi connectivity index (χ4n) is 2.59. The van der Waals surface area contributed by atoms with Gasteiger partial charge in [-0.3, -0.25) is 4.79 Å². The predicted octanol–water partition coefficient (Wildman–Crippen LogP) is 2.32. The highest BCUT2D eigenvalue weighted by Crippen LogP contribution is 2.26. The minimum atomic E-state index is -0.400. The maximum Gasteiger partial charge on any atom is 0.251 e. The third-order valence-corrected chi connectivity index (χ3v) is 3.80. The Bertz CT molecular complexity index is 498. The fourth-order valence-corrected chi connectivity index (χ4v) is 2.87. The van der Waals surface area contributed by atoms with Gasteiger partial charge in [-0.05, 0) is 43.5 Å². The van der Waals surface area contributed by atoms with Crippen LogP contribution in [0.15, 0.2) is 18.2 Å². The van der Waals surface area contributed by atoms with Gasteiger partial charge >= 0.3 is 0 Å². The van der Waals surface area contributed by atoms with Crippen molar-refractivity contribution in [2.75, 3.05) is 0 Å². The second-order valence-electron chi connectivity index (χ2n) is 5.04. The number of carbonyl (C=O) groups excluding carboxylic acids is 1. The molecule has 5 heteroatoms. The summed E-state index contributed by atoms with van der Waals surface area (Å²) >= 11 is 5.01. The molecule has 0 spiro atoms. The van der Waals surface area contributed by atoms with Crippen LogP contribution in [0, 0.1) is 18.7 Å². The Kier molecular flexibility index (Phi) is 4.14. The molecule has 1 amide bonds. The van der Waals surface area contributed by atoms with Gasteiger partial charge in [-0.15, -0.1) is 0 Å². The van der Waals surface area contributed by atoms with Gasteiger partial charge in [-0.2, -0.15) is 0 Å². The molecule has 0 saturated heterocycles. The van der Waals surface area contributed by atoms with E-state index in [-0.39, 0.29) is 17.9 Å². The van der Waals surface area contributed by atoms with Gasteiger partial charge in [0.15, 0.2) is 0 Å². The van der Waals surface area contributed by atoms with Gasteiger partial charge in [-0.25, -0.2) is 4.39 Å². The molecule has 2 unspecified atom stereocenters. The van der Waals surface area contributed by atoms with Crippen LogP contribution in [0.25, 0.3) is 0 Å². The lowest BCUT2D eigenvalue weighted by Crippen LogP contribution is -2.41. The number of benzene rings is 1. The van der Waals surface area contributed by atoms with E-state index in [1.165, 1.54) is 12.1 Å². The Hall–Kier alpha value is -1.49. The molecule has 1 saturated carbocycles. The Morgan fingerprint density at radius 1 is 1.42 bits per heavy atom. The first-order valence-electron chi connectivity index (χ1n) is 6.35. The molecule has 1 aromatic carbocycles. The van der Waals surface area contributed by atoms with Crippen molar-refractivity contribution in [3.05, 3.63) is 35.1 Å². The van der Waals surface area contributed by atoms with E-state index in [4.69, 9.17) is 18.0 Å². The van der Waals surface area contributed by atoms with Crippen LogP contribution >= 0.6 is 12.2 Å². The third kappa shape index (κ3) is 3.29. The van der Waals surface area contributed by atoms with E-state index in [1.807, 2.05) is 0 Å². The number of halogens is 1. The van der Waals surface area contributed by atoms with Crippen LogP contribution in [0.5, 0.6) is 0 Å². The maximum atomic E-state index is 13.3. The summed E-state index contributed by atoms with van der Waals surface area (Å²) in [5.41, 5.74) is 6.73. The Labute approximate surface area is 117 Å². The molecule has 102 valence electrons. The van der Waals surface area contributed by atoms with Gasteiger partial charge in [0.25, 0.3) is 5.91 Å². The summed E-state index contributed by atoms with van der Waals surface area (Å²) in [5, 5.41) is 2.91. The lowest BCUT2D eigenvalue weighted by molar-refractivity contribution is 0.0933. The summed E-state index contributed by atoms with van der Waals surface area (Å²) in [6, 6.07) is 4.27. The zero-order valence-corrected chi connectivity index (χ0v) is 11.6. The molecule has 2 atom stereocenters. The molecule has 1 aromatic rings. The van der Waals surface area contributed by atoms with Crippen molar-refractivity contribution in [3.63, 3.8) is 0 Å². The van der Waals surface area contributed by atoms with E-state index in [0.717, 1.165) is 24.8 Å². The first-order chi connectivity index (χ1) is 8.97. The highest BCUT2D eigenvalue weighted by atomic mass is 32.1. The molecule has 1 aliphatic rings. The zero-order chi connectivity index (χ0) is 14.0. The van der Waals surface area contributed by atoms with Crippen LogP contribution in [0.1, 0.15) is 35.2 Å². The Morgan fingerprint density at radius 2 is 2.16 bits per heavy atom. The van der Waals surface area contributed by atoms with Gasteiger partial charge in [0.05, 0.1) is 4.99 Å². The minimum absolute atomic E-state index is 0.0337. The first kappa shape index (κ1) is 13.9. The lowest BCUT2D eigenvalue weighted by Gasteiger charge is -2.20. The number of thiocarbonyl (C=S) groups is 1.